The molecule has 0 saturated carbocycles. The Balaban J connectivity index is 1.45. The van der Waals surface area contributed by atoms with E-state index in [1.54, 1.807) is 19.4 Å². The molecule has 144 valence electrons. The van der Waals surface area contributed by atoms with Crippen LogP contribution in [-0.4, -0.2) is 29.7 Å². The number of furan rings is 1. The van der Waals surface area contributed by atoms with E-state index < -0.39 is 0 Å². The molecule has 0 aliphatic carbocycles. The zero-order valence-electron chi connectivity index (χ0n) is 16.0. The molecular weight excluding hydrogens is 352 g/mol. The number of likely N-dealkylation sites (tertiary alicyclic amines) is 1. The van der Waals surface area contributed by atoms with Crippen LogP contribution in [0.1, 0.15) is 23.6 Å². The second-order valence-corrected chi connectivity index (χ2v) is 7.90. The van der Waals surface area contributed by atoms with Crippen LogP contribution in [0.4, 0.5) is 0 Å². The van der Waals surface area contributed by atoms with Crippen molar-refractivity contribution in [3.8, 4) is 17.1 Å². The molecule has 5 nitrogen and oxygen atoms in total. The predicted octanol–water partition coefficient (Wildman–Crippen LogP) is 3.74. The molecule has 1 saturated heterocycles. The Labute approximate surface area is 164 Å². The normalized spacial score (nSPS) is 21.3. The first-order chi connectivity index (χ1) is 13.7. The van der Waals surface area contributed by atoms with E-state index in [4.69, 9.17) is 9.15 Å². The number of pyridine rings is 1. The van der Waals surface area contributed by atoms with E-state index >= 15 is 0 Å². The molecule has 28 heavy (non-hydrogen) atoms. The van der Waals surface area contributed by atoms with Crippen LogP contribution in [0, 0.1) is 5.92 Å². The molecule has 0 unspecified atom stereocenters. The van der Waals surface area contributed by atoms with Crippen LogP contribution in [0.2, 0.25) is 0 Å². The standard InChI is InChI=1S/C23H24N2O3/c1-27-19-6-4-16(5-7-19)12-24-13-17-11-18(15-24)23-20(21-3-2-10-28-21)8-9-22(26)25(23)14-17/h2-10,17-18H,11-15H2,1H3/t17-,18+/m0/s1. The summed E-state index contributed by atoms with van der Waals surface area (Å²) in [5.41, 5.74) is 3.58. The fourth-order valence-corrected chi connectivity index (χ4v) is 4.87. The minimum absolute atomic E-state index is 0.101. The smallest absolute Gasteiger partial charge is 0.250 e. The van der Waals surface area contributed by atoms with E-state index in [-0.39, 0.29) is 5.56 Å². The summed E-state index contributed by atoms with van der Waals surface area (Å²) in [6, 6.07) is 15.8. The fraction of sp³-hybridized carbons (Fsp3) is 0.348. The molecule has 4 heterocycles. The molecule has 5 rings (SSSR count). The molecule has 0 spiro atoms. The zero-order chi connectivity index (χ0) is 19.1. The first-order valence-corrected chi connectivity index (χ1v) is 9.84. The molecular formula is C23H24N2O3. The Morgan fingerprint density at radius 1 is 1.07 bits per heavy atom. The van der Waals surface area contributed by atoms with Crippen LogP contribution in [0.15, 0.2) is 64.0 Å². The summed E-state index contributed by atoms with van der Waals surface area (Å²) >= 11 is 0. The van der Waals surface area contributed by atoms with Gasteiger partial charge in [-0.25, -0.2) is 0 Å². The van der Waals surface area contributed by atoms with Crippen LogP contribution in [-0.2, 0) is 13.1 Å². The molecule has 1 aromatic carbocycles. The fourth-order valence-electron chi connectivity index (χ4n) is 4.87. The van der Waals surface area contributed by atoms with Crippen LogP contribution in [0.3, 0.4) is 0 Å². The van der Waals surface area contributed by atoms with E-state index in [9.17, 15) is 4.79 Å². The maximum absolute atomic E-state index is 12.6. The Kier molecular flexibility index (Phi) is 4.32. The van der Waals surface area contributed by atoms with Crippen LogP contribution in [0.5, 0.6) is 5.75 Å². The van der Waals surface area contributed by atoms with E-state index in [0.29, 0.717) is 11.8 Å². The molecule has 1 fully saturated rings. The summed E-state index contributed by atoms with van der Waals surface area (Å²) in [7, 11) is 1.69. The van der Waals surface area contributed by atoms with Crippen molar-refractivity contribution in [3.05, 3.63) is 76.4 Å². The SMILES string of the molecule is COc1ccc(CN2C[C@@H]3C[C@H](C2)c2c(-c4ccco4)ccc(=O)n2C3)cc1. The average Bonchev–Trinajstić information content (AvgIpc) is 3.24. The van der Waals surface area contributed by atoms with Gasteiger partial charge in [-0.3, -0.25) is 9.69 Å². The minimum atomic E-state index is 0.101. The van der Waals surface area contributed by atoms with E-state index in [1.807, 2.05) is 34.9 Å². The van der Waals surface area contributed by atoms with Gasteiger partial charge in [0.05, 0.1) is 13.4 Å². The summed E-state index contributed by atoms with van der Waals surface area (Å²) in [4.78, 5) is 15.1. The van der Waals surface area contributed by atoms with Gasteiger partial charge in [-0.1, -0.05) is 12.1 Å². The number of nitrogens with zero attached hydrogens (tertiary/aromatic N) is 2. The molecule has 0 N–H and O–H groups in total. The number of fused-ring (bicyclic) bond motifs is 4. The quantitative estimate of drug-likeness (QED) is 0.696. The number of hydrogen-bond donors (Lipinski definition) is 0. The molecule has 2 aliphatic rings. The summed E-state index contributed by atoms with van der Waals surface area (Å²) in [6.45, 7) is 3.70. The van der Waals surface area contributed by atoms with Crippen LogP contribution >= 0.6 is 0 Å². The van der Waals surface area contributed by atoms with Gasteiger partial charge in [0.15, 0.2) is 0 Å². The highest BCUT2D eigenvalue weighted by Gasteiger charge is 2.36. The number of ether oxygens (including phenoxy) is 1. The van der Waals surface area contributed by atoms with Gasteiger partial charge < -0.3 is 13.7 Å². The third-order valence-electron chi connectivity index (χ3n) is 6.02. The lowest BCUT2D eigenvalue weighted by Crippen LogP contribution is -2.47. The number of rotatable bonds is 4. The second-order valence-electron chi connectivity index (χ2n) is 7.90. The monoisotopic (exact) mass is 376 g/mol. The lowest BCUT2D eigenvalue weighted by molar-refractivity contribution is 0.114. The predicted molar refractivity (Wildman–Crippen MR) is 108 cm³/mol. The minimum Gasteiger partial charge on any atom is -0.497 e. The number of aromatic nitrogens is 1. The van der Waals surface area contributed by atoms with Gasteiger partial charge in [-0.05, 0) is 48.2 Å². The van der Waals surface area contributed by atoms with Crippen LogP contribution in [0.25, 0.3) is 11.3 Å². The number of benzene rings is 1. The summed E-state index contributed by atoms with van der Waals surface area (Å²) in [5.74, 6) is 2.58. The average molecular weight is 376 g/mol. The largest absolute Gasteiger partial charge is 0.497 e. The van der Waals surface area contributed by atoms with Crippen molar-refractivity contribution in [2.75, 3.05) is 20.2 Å². The van der Waals surface area contributed by atoms with Gasteiger partial charge in [0.2, 0.25) is 0 Å². The molecule has 5 heteroatoms. The summed E-state index contributed by atoms with van der Waals surface area (Å²) in [6.07, 6.45) is 2.83. The molecule has 2 aromatic heterocycles. The van der Waals surface area contributed by atoms with Gasteiger partial charge in [-0.2, -0.15) is 0 Å². The lowest BCUT2D eigenvalue weighted by atomic mass is 9.81. The highest BCUT2D eigenvalue weighted by molar-refractivity contribution is 5.61. The van der Waals surface area contributed by atoms with E-state index in [2.05, 4.69) is 17.0 Å². The Morgan fingerprint density at radius 2 is 1.93 bits per heavy atom. The molecule has 2 aliphatic heterocycles. The number of piperidine rings is 1. The van der Waals surface area contributed by atoms with Gasteiger partial charge in [-0.15, -0.1) is 0 Å². The molecule has 2 bridgehead atoms. The topological polar surface area (TPSA) is 47.6 Å². The molecule has 0 amide bonds. The van der Waals surface area contributed by atoms with Crippen molar-refractivity contribution >= 4 is 0 Å². The van der Waals surface area contributed by atoms with Crippen molar-refractivity contribution in [2.45, 2.75) is 25.4 Å². The number of methoxy groups -OCH3 is 1. The van der Waals surface area contributed by atoms with Crippen molar-refractivity contribution in [3.63, 3.8) is 0 Å². The first-order valence-electron chi connectivity index (χ1n) is 9.84. The van der Waals surface area contributed by atoms with Gasteiger partial charge in [0.1, 0.15) is 11.5 Å². The number of hydrogen-bond acceptors (Lipinski definition) is 4. The first kappa shape index (κ1) is 17.3. The van der Waals surface area contributed by atoms with Crippen molar-refractivity contribution in [1.82, 2.24) is 9.47 Å². The van der Waals surface area contributed by atoms with Gasteiger partial charge >= 0.3 is 0 Å². The Hall–Kier alpha value is -2.79. The highest BCUT2D eigenvalue weighted by Crippen LogP contribution is 2.40. The third kappa shape index (κ3) is 3.06. The molecule has 0 radical (unpaired) electrons. The third-order valence-corrected chi connectivity index (χ3v) is 6.02. The Morgan fingerprint density at radius 3 is 2.68 bits per heavy atom. The lowest BCUT2D eigenvalue weighted by Gasteiger charge is -2.43. The zero-order valence-corrected chi connectivity index (χ0v) is 16.0. The summed E-state index contributed by atoms with van der Waals surface area (Å²) in [5, 5.41) is 0. The van der Waals surface area contributed by atoms with Crippen LogP contribution < -0.4 is 10.3 Å². The maximum atomic E-state index is 12.6. The van der Waals surface area contributed by atoms with Gasteiger partial charge in [0.25, 0.3) is 5.56 Å². The van der Waals surface area contributed by atoms with Crippen molar-refractivity contribution in [1.29, 1.82) is 0 Å². The van der Waals surface area contributed by atoms with Gasteiger partial charge in [0, 0.05) is 49.4 Å². The molecule has 2 atom stereocenters. The molecule has 3 aromatic rings. The van der Waals surface area contributed by atoms with Crippen molar-refractivity contribution < 1.29 is 9.15 Å². The maximum Gasteiger partial charge on any atom is 0.250 e. The van der Waals surface area contributed by atoms with E-state index in [1.165, 1.54) is 5.56 Å². The second kappa shape index (κ2) is 6.99. The highest BCUT2D eigenvalue weighted by atomic mass is 16.5. The van der Waals surface area contributed by atoms with E-state index in [0.717, 1.165) is 55.4 Å². The van der Waals surface area contributed by atoms with Crippen molar-refractivity contribution in [2.24, 2.45) is 5.92 Å². The Bertz CT molecular complexity index is 1020. The summed E-state index contributed by atoms with van der Waals surface area (Å²) < 4.78 is 12.9.